The van der Waals surface area contributed by atoms with Gasteiger partial charge in [-0.25, -0.2) is 0 Å². The molecule has 0 spiro atoms. The van der Waals surface area contributed by atoms with Crippen LogP contribution in [-0.4, -0.2) is 24.5 Å². The molecule has 0 aliphatic heterocycles. The highest BCUT2D eigenvalue weighted by molar-refractivity contribution is 6.31. The van der Waals surface area contributed by atoms with Crippen molar-refractivity contribution in [3.8, 4) is 0 Å². The molecule has 0 saturated heterocycles. The zero-order chi connectivity index (χ0) is 14.0. The van der Waals surface area contributed by atoms with E-state index in [0.29, 0.717) is 6.54 Å². The first-order valence-corrected chi connectivity index (χ1v) is 6.71. The number of halogens is 1. The SMILES string of the molecule is CCn1nc(C)c(Cl)c1CNC(C)c1nncn1C. The second-order valence-electron chi connectivity index (χ2n) is 4.56. The van der Waals surface area contributed by atoms with Crippen LogP contribution in [0.5, 0.6) is 0 Å². The van der Waals surface area contributed by atoms with E-state index in [4.69, 9.17) is 11.6 Å². The van der Waals surface area contributed by atoms with Gasteiger partial charge < -0.3 is 9.88 Å². The van der Waals surface area contributed by atoms with Crippen LogP contribution in [0.3, 0.4) is 0 Å². The topological polar surface area (TPSA) is 60.6 Å². The number of aryl methyl sites for hydroxylation is 3. The van der Waals surface area contributed by atoms with E-state index < -0.39 is 0 Å². The van der Waals surface area contributed by atoms with Gasteiger partial charge in [0.2, 0.25) is 0 Å². The van der Waals surface area contributed by atoms with Crippen LogP contribution in [-0.2, 0) is 20.1 Å². The molecule has 0 aliphatic rings. The molecule has 0 aliphatic carbocycles. The average Bonchev–Trinajstić information content (AvgIpc) is 2.92. The van der Waals surface area contributed by atoms with E-state index in [0.717, 1.165) is 28.8 Å². The third-order valence-corrected chi connectivity index (χ3v) is 3.65. The first kappa shape index (κ1) is 14.0. The molecule has 2 rings (SSSR count). The van der Waals surface area contributed by atoms with Gasteiger partial charge in [0.25, 0.3) is 0 Å². The molecule has 19 heavy (non-hydrogen) atoms. The molecule has 0 radical (unpaired) electrons. The highest BCUT2D eigenvalue weighted by Crippen LogP contribution is 2.21. The van der Waals surface area contributed by atoms with Gasteiger partial charge in [-0.3, -0.25) is 4.68 Å². The summed E-state index contributed by atoms with van der Waals surface area (Å²) in [4.78, 5) is 0. The standard InChI is InChI=1S/C12H19ClN6/c1-5-19-10(11(13)8(2)17-19)6-14-9(3)12-16-15-7-18(12)4/h7,9,14H,5-6H2,1-4H3. The average molecular weight is 283 g/mol. The summed E-state index contributed by atoms with van der Waals surface area (Å²) in [6.45, 7) is 7.49. The molecule has 1 atom stereocenters. The Hall–Kier alpha value is -1.40. The maximum atomic E-state index is 6.28. The fourth-order valence-electron chi connectivity index (χ4n) is 2.06. The second-order valence-corrected chi connectivity index (χ2v) is 4.94. The van der Waals surface area contributed by atoms with Gasteiger partial charge in [0.1, 0.15) is 12.2 Å². The Kier molecular flexibility index (Phi) is 4.21. The number of hydrogen-bond donors (Lipinski definition) is 1. The van der Waals surface area contributed by atoms with Crippen molar-refractivity contribution in [2.75, 3.05) is 0 Å². The summed E-state index contributed by atoms with van der Waals surface area (Å²) in [6.07, 6.45) is 1.70. The summed E-state index contributed by atoms with van der Waals surface area (Å²) in [6, 6.07) is 0.101. The van der Waals surface area contributed by atoms with Gasteiger partial charge in [0, 0.05) is 20.1 Å². The predicted octanol–water partition coefficient (Wildman–Crippen LogP) is 1.84. The number of nitrogens with zero attached hydrogens (tertiary/aromatic N) is 5. The Morgan fingerprint density at radius 2 is 2.21 bits per heavy atom. The lowest BCUT2D eigenvalue weighted by Gasteiger charge is -2.13. The number of hydrogen-bond acceptors (Lipinski definition) is 4. The van der Waals surface area contributed by atoms with Gasteiger partial charge in [-0.2, -0.15) is 5.10 Å². The normalized spacial score (nSPS) is 12.9. The van der Waals surface area contributed by atoms with E-state index >= 15 is 0 Å². The number of rotatable bonds is 5. The molecule has 0 amide bonds. The van der Waals surface area contributed by atoms with Gasteiger partial charge in [-0.1, -0.05) is 11.6 Å². The van der Waals surface area contributed by atoms with Crippen molar-refractivity contribution in [3.63, 3.8) is 0 Å². The zero-order valence-electron chi connectivity index (χ0n) is 11.7. The Balaban J connectivity index is 2.09. The van der Waals surface area contributed by atoms with Gasteiger partial charge in [0.05, 0.1) is 22.5 Å². The molecular weight excluding hydrogens is 264 g/mol. The van der Waals surface area contributed by atoms with E-state index in [1.807, 2.05) is 23.2 Å². The molecule has 0 aromatic carbocycles. The fourth-order valence-corrected chi connectivity index (χ4v) is 2.27. The van der Waals surface area contributed by atoms with Crippen molar-refractivity contribution < 1.29 is 0 Å². The van der Waals surface area contributed by atoms with Crippen molar-refractivity contribution in [1.82, 2.24) is 29.9 Å². The van der Waals surface area contributed by atoms with Gasteiger partial charge in [0.15, 0.2) is 0 Å². The lowest BCUT2D eigenvalue weighted by molar-refractivity contribution is 0.502. The Labute approximate surface area is 117 Å². The summed E-state index contributed by atoms with van der Waals surface area (Å²) in [7, 11) is 1.93. The molecule has 104 valence electrons. The molecule has 6 nitrogen and oxygen atoms in total. The lowest BCUT2D eigenvalue weighted by atomic mass is 10.3. The van der Waals surface area contributed by atoms with Crippen LogP contribution < -0.4 is 5.32 Å². The summed E-state index contributed by atoms with van der Waals surface area (Å²) in [5.41, 5.74) is 1.88. The van der Waals surface area contributed by atoms with Crippen LogP contribution in [0, 0.1) is 6.92 Å². The first-order chi connectivity index (χ1) is 9.04. The summed E-state index contributed by atoms with van der Waals surface area (Å²) in [5.74, 6) is 0.899. The zero-order valence-corrected chi connectivity index (χ0v) is 12.4. The van der Waals surface area contributed by atoms with Crippen LogP contribution in [0.1, 0.15) is 37.1 Å². The molecular formula is C12H19ClN6. The van der Waals surface area contributed by atoms with Gasteiger partial charge >= 0.3 is 0 Å². The largest absolute Gasteiger partial charge is 0.319 e. The molecule has 0 bridgehead atoms. The summed E-state index contributed by atoms with van der Waals surface area (Å²) >= 11 is 6.28. The molecule has 0 saturated carbocycles. The molecule has 2 aromatic rings. The number of aromatic nitrogens is 5. The summed E-state index contributed by atoms with van der Waals surface area (Å²) < 4.78 is 3.83. The van der Waals surface area contributed by atoms with E-state index in [1.165, 1.54) is 0 Å². The van der Waals surface area contributed by atoms with Crippen molar-refractivity contribution in [2.24, 2.45) is 7.05 Å². The molecule has 1 N–H and O–H groups in total. The summed E-state index contributed by atoms with van der Waals surface area (Å²) in [5, 5.41) is 16.5. The Morgan fingerprint density at radius 1 is 1.47 bits per heavy atom. The monoisotopic (exact) mass is 282 g/mol. The number of nitrogens with one attached hydrogen (secondary N) is 1. The minimum absolute atomic E-state index is 0.101. The molecule has 0 fully saturated rings. The van der Waals surface area contributed by atoms with Crippen LogP contribution >= 0.6 is 11.6 Å². The van der Waals surface area contributed by atoms with Crippen LogP contribution in [0.2, 0.25) is 5.02 Å². The van der Waals surface area contributed by atoms with Crippen molar-refractivity contribution in [2.45, 2.75) is 39.9 Å². The van der Waals surface area contributed by atoms with E-state index in [1.54, 1.807) is 6.33 Å². The van der Waals surface area contributed by atoms with Crippen LogP contribution in [0.15, 0.2) is 6.33 Å². The third kappa shape index (κ3) is 2.79. The predicted molar refractivity (Wildman–Crippen MR) is 73.9 cm³/mol. The van der Waals surface area contributed by atoms with Gasteiger partial charge in [-0.15, -0.1) is 10.2 Å². The van der Waals surface area contributed by atoms with E-state index in [2.05, 4.69) is 34.5 Å². The quantitative estimate of drug-likeness (QED) is 0.909. The smallest absolute Gasteiger partial charge is 0.149 e. The molecule has 1 unspecified atom stereocenters. The maximum absolute atomic E-state index is 6.28. The molecule has 7 heteroatoms. The second kappa shape index (κ2) is 5.71. The molecule has 2 aromatic heterocycles. The molecule has 2 heterocycles. The van der Waals surface area contributed by atoms with Crippen LogP contribution in [0.4, 0.5) is 0 Å². The maximum Gasteiger partial charge on any atom is 0.149 e. The highest BCUT2D eigenvalue weighted by Gasteiger charge is 2.15. The van der Waals surface area contributed by atoms with E-state index in [-0.39, 0.29) is 6.04 Å². The van der Waals surface area contributed by atoms with Gasteiger partial charge in [-0.05, 0) is 20.8 Å². The van der Waals surface area contributed by atoms with Crippen molar-refractivity contribution >= 4 is 11.6 Å². The Bertz CT molecular complexity index is 559. The van der Waals surface area contributed by atoms with Crippen molar-refractivity contribution in [1.29, 1.82) is 0 Å². The minimum atomic E-state index is 0.101. The van der Waals surface area contributed by atoms with Crippen LogP contribution in [0.25, 0.3) is 0 Å². The van der Waals surface area contributed by atoms with E-state index in [9.17, 15) is 0 Å². The third-order valence-electron chi connectivity index (χ3n) is 3.16. The minimum Gasteiger partial charge on any atom is -0.319 e. The lowest BCUT2D eigenvalue weighted by Crippen LogP contribution is -2.22. The first-order valence-electron chi connectivity index (χ1n) is 6.33. The Morgan fingerprint density at radius 3 is 2.79 bits per heavy atom. The fraction of sp³-hybridized carbons (Fsp3) is 0.583. The highest BCUT2D eigenvalue weighted by atomic mass is 35.5. The van der Waals surface area contributed by atoms with Crippen molar-refractivity contribution in [3.05, 3.63) is 28.6 Å².